The number of ether oxygens (including phenoxy) is 1. The first-order chi connectivity index (χ1) is 12.2. The highest BCUT2D eigenvalue weighted by Gasteiger charge is 2.18. The standard InChI is InChI=1S/C20H19ClN2O2/c1-25-18-6-4-5-15(13-18)19(23-11-2-3-12-23)14-20(24)22-17-9-7-16(21)8-10-17/h2-13,19H,14H2,1H3,(H,22,24)/t19-/m0/s1. The molecular formula is C20H19ClN2O2. The lowest BCUT2D eigenvalue weighted by molar-refractivity contribution is -0.116. The number of carbonyl (C=O) groups is 1. The average Bonchev–Trinajstić information content (AvgIpc) is 3.16. The van der Waals surface area contributed by atoms with Crippen LogP contribution in [0.5, 0.6) is 5.75 Å². The molecule has 0 aliphatic rings. The molecule has 0 spiro atoms. The second-order valence-electron chi connectivity index (χ2n) is 5.68. The van der Waals surface area contributed by atoms with E-state index >= 15 is 0 Å². The van der Waals surface area contributed by atoms with Crippen LogP contribution < -0.4 is 10.1 Å². The van der Waals surface area contributed by atoms with Crippen LogP contribution in [-0.4, -0.2) is 17.6 Å². The summed E-state index contributed by atoms with van der Waals surface area (Å²) in [7, 11) is 1.64. The van der Waals surface area contributed by atoms with Crippen molar-refractivity contribution in [2.24, 2.45) is 0 Å². The smallest absolute Gasteiger partial charge is 0.226 e. The maximum absolute atomic E-state index is 12.5. The summed E-state index contributed by atoms with van der Waals surface area (Å²) in [6.45, 7) is 0. The monoisotopic (exact) mass is 354 g/mol. The minimum absolute atomic E-state index is 0.0659. The van der Waals surface area contributed by atoms with Crippen LogP contribution in [0.3, 0.4) is 0 Å². The SMILES string of the molecule is COc1cccc([C@H](CC(=O)Nc2ccc(Cl)cc2)n2cccc2)c1. The third-order valence-electron chi connectivity index (χ3n) is 3.97. The molecular weight excluding hydrogens is 336 g/mol. The van der Waals surface area contributed by atoms with Crippen LogP contribution in [0.2, 0.25) is 5.02 Å². The van der Waals surface area contributed by atoms with E-state index in [-0.39, 0.29) is 11.9 Å². The molecule has 3 rings (SSSR count). The molecule has 1 aromatic heterocycles. The summed E-state index contributed by atoms with van der Waals surface area (Å²) in [4.78, 5) is 12.5. The van der Waals surface area contributed by atoms with Crippen LogP contribution in [0.15, 0.2) is 73.1 Å². The molecule has 4 nitrogen and oxygen atoms in total. The first-order valence-corrected chi connectivity index (χ1v) is 8.35. The molecule has 1 amide bonds. The van der Waals surface area contributed by atoms with Crippen LogP contribution >= 0.6 is 11.6 Å². The van der Waals surface area contributed by atoms with Crippen LogP contribution in [0, 0.1) is 0 Å². The summed E-state index contributed by atoms with van der Waals surface area (Å²) >= 11 is 5.88. The van der Waals surface area contributed by atoms with E-state index in [9.17, 15) is 4.79 Å². The minimum atomic E-state index is -0.114. The summed E-state index contributed by atoms with van der Waals surface area (Å²) in [6.07, 6.45) is 4.23. The summed E-state index contributed by atoms with van der Waals surface area (Å²) in [5.41, 5.74) is 1.74. The Bertz CT molecular complexity index is 829. The number of hydrogen-bond donors (Lipinski definition) is 1. The van der Waals surface area contributed by atoms with Gasteiger partial charge in [-0.2, -0.15) is 0 Å². The Balaban J connectivity index is 1.80. The van der Waals surface area contributed by atoms with Gasteiger partial charge in [0.2, 0.25) is 5.91 Å². The van der Waals surface area contributed by atoms with Gasteiger partial charge in [0.25, 0.3) is 0 Å². The molecule has 0 unspecified atom stereocenters. The van der Waals surface area contributed by atoms with Gasteiger partial charge in [-0.15, -0.1) is 0 Å². The van der Waals surface area contributed by atoms with E-state index < -0.39 is 0 Å². The predicted octanol–water partition coefficient (Wildman–Crippen LogP) is 4.77. The molecule has 1 atom stereocenters. The average molecular weight is 355 g/mol. The van der Waals surface area contributed by atoms with E-state index in [2.05, 4.69) is 5.32 Å². The fourth-order valence-electron chi connectivity index (χ4n) is 2.72. The van der Waals surface area contributed by atoms with Gasteiger partial charge < -0.3 is 14.6 Å². The molecule has 128 valence electrons. The van der Waals surface area contributed by atoms with E-state index in [0.29, 0.717) is 11.4 Å². The number of nitrogens with one attached hydrogen (secondary N) is 1. The summed E-state index contributed by atoms with van der Waals surface area (Å²) in [5.74, 6) is 0.705. The van der Waals surface area contributed by atoms with Gasteiger partial charge in [-0.1, -0.05) is 23.7 Å². The molecule has 0 bridgehead atoms. The Morgan fingerprint density at radius 1 is 1.12 bits per heavy atom. The molecule has 5 heteroatoms. The Hall–Kier alpha value is -2.72. The number of rotatable bonds is 6. The van der Waals surface area contributed by atoms with Crippen molar-refractivity contribution in [3.8, 4) is 5.75 Å². The fourth-order valence-corrected chi connectivity index (χ4v) is 2.85. The van der Waals surface area contributed by atoms with Crippen molar-refractivity contribution in [2.75, 3.05) is 12.4 Å². The highest BCUT2D eigenvalue weighted by molar-refractivity contribution is 6.30. The Labute approximate surface area is 152 Å². The van der Waals surface area contributed by atoms with Crippen molar-refractivity contribution in [2.45, 2.75) is 12.5 Å². The molecule has 2 aromatic carbocycles. The zero-order valence-electron chi connectivity index (χ0n) is 13.9. The molecule has 0 saturated carbocycles. The summed E-state index contributed by atoms with van der Waals surface area (Å²) in [5, 5.41) is 3.56. The van der Waals surface area contributed by atoms with Gasteiger partial charge in [0, 0.05) is 23.1 Å². The summed E-state index contributed by atoms with van der Waals surface area (Å²) in [6, 6.07) is 18.7. The second kappa shape index (κ2) is 7.90. The van der Waals surface area contributed by atoms with Crippen molar-refractivity contribution < 1.29 is 9.53 Å². The molecule has 0 saturated heterocycles. The van der Waals surface area contributed by atoms with Gasteiger partial charge >= 0.3 is 0 Å². The van der Waals surface area contributed by atoms with Gasteiger partial charge in [-0.3, -0.25) is 4.79 Å². The normalized spacial score (nSPS) is 11.8. The molecule has 1 N–H and O–H groups in total. The van der Waals surface area contributed by atoms with Crippen LogP contribution in [-0.2, 0) is 4.79 Å². The molecule has 0 radical (unpaired) electrons. The van der Waals surface area contributed by atoms with E-state index in [0.717, 1.165) is 17.0 Å². The molecule has 0 aliphatic carbocycles. The lowest BCUT2D eigenvalue weighted by atomic mass is 10.0. The Morgan fingerprint density at radius 3 is 2.52 bits per heavy atom. The topological polar surface area (TPSA) is 43.3 Å². The molecule has 3 aromatic rings. The quantitative estimate of drug-likeness (QED) is 0.693. The number of benzene rings is 2. The first kappa shape index (κ1) is 17.1. The van der Waals surface area contributed by atoms with Crippen molar-refractivity contribution >= 4 is 23.2 Å². The Morgan fingerprint density at radius 2 is 1.84 bits per heavy atom. The number of carbonyl (C=O) groups excluding carboxylic acids is 1. The third kappa shape index (κ3) is 4.43. The largest absolute Gasteiger partial charge is 0.497 e. The zero-order valence-corrected chi connectivity index (χ0v) is 14.6. The van der Waals surface area contributed by atoms with Gasteiger partial charge in [-0.25, -0.2) is 0 Å². The zero-order chi connectivity index (χ0) is 17.6. The Kier molecular flexibility index (Phi) is 5.41. The second-order valence-corrected chi connectivity index (χ2v) is 6.12. The van der Waals surface area contributed by atoms with E-state index in [1.807, 2.05) is 53.4 Å². The van der Waals surface area contributed by atoms with Gasteiger partial charge in [-0.05, 0) is 54.1 Å². The van der Waals surface area contributed by atoms with Crippen molar-refractivity contribution in [1.29, 1.82) is 0 Å². The molecule has 25 heavy (non-hydrogen) atoms. The van der Waals surface area contributed by atoms with Crippen LogP contribution in [0.1, 0.15) is 18.0 Å². The fraction of sp³-hybridized carbons (Fsp3) is 0.150. The van der Waals surface area contributed by atoms with E-state index in [4.69, 9.17) is 16.3 Å². The number of anilines is 1. The van der Waals surface area contributed by atoms with Crippen molar-refractivity contribution in [3.05, 3.63) is 83.6 Å². The minimum Gasteiger partial charge on any atom is -0.497 e. The highest BCUT2D eigenvalue weighted by Crippen LogP contribution is 2.26. The number of methoxy groups -OCH3 is 1. The third-order valence-corrected chi connectivity index (χ3v) is 4.22. The first-order valence-electron chi connectivity index (χ1n) is 7.97. The van der Waals surface area contributed by atoms with Crippen LogP contribution in [0.4, 0.5) is 5.69 Å². The molecule has 0 fully saturated rings. The van der Waals surface area contributed by atoms with Gasteiger partial charge in [0.05, 0.1) is 19.6 Å². The van der Waals surface area contributed by atoms with Crippen molar-refractivity contribution in [3.63, 3.8) is 0 Å². The predicted molar refractivity (Wildman–Crippen MR) is 100 cm³/mol. The molecule has 0 aliphatic heterocycles. The van der Waals surface area contributed by atoms with Crippen molar-refractivity contribution in [1.82, 2.24) is 4.57 Å². The maximum atomic E-state index is 12.5. The number of nitrogens with zero attached hydrogens (tertiary/aromatic N) is 1. The molecule has 1 heterocycles. The maximum Gasteiger partial charge on any atom is 0.226 e. The highest BCUT2D eigenvalue weighted by atomic mass is 35.5. The van der Waals surface area contributed by atoms with E-state index in [1.165, 1.54) is 0 Å². The number of aromatic nitrogens is 1. The van der Waals surface area contributed by atoms with Gasteiger partial charge in [0.1, 0.15) is 5.75 Å². The number of halogens is 1. The van der Waals surface area contributed by atoms with E-state index in [1.54, 1.807) is 31.4 Å². The number of hydrogen-bond acceptors (Lipinski definition) is 2. The van der Waals surface area contributed by atoms with Gasteiger partial charge in [0.15, 0.2) is 0 Å². The number of amides is 1. The lowest BCUT2D eigenvalue weighted by Crippen LogP contribution is -2.19. The lowest BCUT2D eigenvalue weighted by Gasteiger charge is -2.20. The summed E-state index contributed by atoms with van der Waals surface area (Å²) < 4.78 is 7.34. The van der Waals surface area contributed by atoms with Crippen LogP contribution in [0.25, 0.3) is 0 Å².